The largest absolute Gasteiger partial charge is 1.00 e. The zero-order chi connectivity index (χ0) is 6.62. The first-order valence-corrected chi connectivity index (χ1v) is 4.31. The molecule has 0 aliphatic heterocycles. The van der Waals surface area contributed by atoms with Crippen LogP contribution in [0.15, 0.2) is 0 Å². The van der Waals surface area contributed by atoms with Crippen LogP contribution in [0.2, 0.25) is 0 Å². The van der Waals surface area contributed by atoms with Crippen LogP contribution in [0.25, 0.3) is 0 Å². The van der Waals surface area contributed by atoms with E-state index >= 15 is 0 Å². The van der Waals surface area contributed by atoms with Crippen molar-refractivity contribution in [1.82, 2.24) is 0 Å². The molecule has 0 aromatic heterocycles. The van der Waals surface area contributed by atoms with Crippen LogP contribution in [0.5, 0.6) is 0 Å². The van der Waals surface area contributed by atoms with Crippen molar-refractivity contribution in [3.63, 3.8) is 0 Å². The molecule has 0 aromatic carbocycles. The third kappa shape index (κ3) is 16.1. The van der Waals surface area contributed by atoms with Gasteiger partial charge >= 0.3 is 29.6 Å². The zero-order valence-electron chi connectivity index (χ0n) is 5.70. The summed E-state index contributed by atoms with van der Waals surface area (Å²) in [4.78, 5) is 0. The average Bonchev–Trinajstić information content (AvgIpc) is 1.59. The Morgan fingerprint density at radius 2 is 1.80 bits per heavy atom. The molecule has 0 saturated heterocycles. The van der Waals surface area contributed by atoms with Gasteiger partial charge in [-0.2, -0.15) is 12.6 Å². The molecule has 0 amide bonds. The predicted molar refractivity (Wildman–Crippen MR) is 36.6 cm³/mol. The first-order valence-electron chi connectivity index (χ1n) is 2.10. The molecular formula is C3H9NaO4S2. The molecule has 0 bridgehead atoms. The van der Waals surface area contributed by atoms with E-state index in [4.69, 9.17) is 0 Å². The van der Waals surface area contributed by atoms with Gasteiger partial charge in [-0.1, -0.05) is 0 Å². The van der Waals surface area contributed by atoms with Crippen LogP contribution >= 0.6 is 12.6 Å². The van der Waals surface area contributed by atoms with Crippen LogP contribution in [0.4, 0.5) is 0 Å². The Kier molecular flexibility index (Phi) is 14.4. The van der Waals surface area contributed by atoms with Crippen LogP contribution in [-0.4, -0.2) is 30.0 Å². The second kappa shape index (κ2) is 8.32. The third-order valence-corrected chi connectivity index (χ3v) is 1.66. The molecule has 0 spiro atoms. The van der Waals surface area contributed by atoms with Crippen molar-refractivity contribution >= 4 is 22.7 Å². The van der Waals surface area contributed by atoms with E-state index in [9.17, 15) is 13.0 Å². The van der Waals surface area contributed by atoms with E-state index in [2.05, 4.69) is 12.6 Å². The molecule has 0 unspecified atom stereocenters. The molecule has 0 aromatic rings. The molecule has 0 heterocycles. The Morgan fingerprint density at radius 3 is 1.90 bits per heavy atom. The van der Waals surface area contributed by atoms with E-state index in [1.165, 1.54) is 0 Å². The molecule has 0 aliphatic carbocycles. The smallest absolute Gasteiger partial charge is 0.748 e. The van der Waals surface area contributed by atoms with E-state index in [0.717, 1.165) is 0 Å². The van der Waals surface area contributed by atoms with Gasteiger partial charge in [-0.25, -0.2) is 8.42 Å². The van der Waals surface area contributed by atoms with Crippen molar-refractivity contribution < 1.29 is 48.0 Å². The molecular weight excluding hydrogens is 187 g/mol. The Hall–Kier alpha value is 1.22. The molecule has 0 rings (SSSR count). The van der Waals surface area contributed by atoms with Gasteiger partial charge in [-0.15, -0.1) is 0 Å². The summed E-state index contributed by atoms with van der Waals surface area (Å²) in [6, 6.07) is 0. The monoisotopic (exact) mass is 196 g/mol. The van der Waals surface area contributed by atoms with Gasteiger partial charge in [0.15, 0.2) is 0 Å². The summed E-state index contributed by atoms with van der Waals surface area (Å²) in [6.45, 7) is 0. The van der Waals surface area contributed by atoms with Gasteiger partial charge in [0.1, 0.15) is 0 Å². The number of hydrogen-bond donors (Lipinski definition) is 1. The van der Waals surface area contributed by atoms with Crippen molar-refractivity contribution in [3.05, 3.63) is 0 Å². The molecule has 0 fully saturated rings. The minimum Gasteiger partial charge on any atom is -0.748 e. The van der Waals surface area contributed by atoms with Crippen LogP contribution in [0.3, 0.4) is 0 Å². The fourth-order valence-electron chi connectivity index (χ4n) is 0.241. The van der Waals surface area contributed by atoms with E-state index < -0.39 is 10.1 Å². The van der Waals surface area contributed by atoms with Crippen LogP contribution in [0, 0.1) is 0 Å². The third-order valence-electron chi connectivity index (χ3n) is 0.552. The number of rotatable bonds is 3. The van der Waals surface area contributed by atoms with E-state index in [-0.39, 0.29) is 40.8 Å². The maximum absolute atomic E-state index is 9.80. The normalized spacial score (nSPS) is 9.40. The number of hydrogen-bond acceptors (Lipinski definition) is 4. The van der Waals surface area contributed by atoms with E-state index in [1.807, 2.05) is 0 Å². The minimum atomic E-state index is -3.99. The molecule has 0 aliphatic rings. The van der Waals surface area contributed by atoms with E-state index in [0.29, 0.717) is 12.2 Å². The molecule has 0 radical (unpaired) electrons. The molecule has 0 saturated carbocycles. The predicted octanol–water partition coefficient (Wildman–Crippen LogP) is -3.97. The average molecular weight is 196 g/mol. The van der Waals surface area contributed by atoms with Crippen molar-refractivity contribution in [2.75, 3.05) is 11.5 Å². The van der Waals surface area contributed by atoms with Crippen molar-refractivity contribution in [1.29, 1.82) is 0 Å². The summed E-state index contributed by atoms with van der Waals surface area (Å²) < 4.78 is 29.4. The van der Waals surface area contributed by atoms with Crippen molar-refractivity contribution in [2.24, 2.45) is 0 Å². The summed E-state index contributed by atoms with van der Waals surface area (Å²) in [6.07, 6.45) is 0.342. The summed E-state index contributed by atoms with van der Waals surface area (Å²) in [5.74, 6) is 0.151. The van der Waals surface area contributed by atoms with Crippen molar-refractivity contribution in [3.8, 4) is 0 Å². The fraction of sp³-hybridized carbons (Fsp3) is 1.00. The Morgan fingerprint density at radius 1 is 1.40 bits per heavy atom. The second-order valence-corrected chi connectivity index (χ2v) is 3.31. The molecule has 0 atom stereocenters. The Balaban J connectivity index is -0.000000245. The van der Waals surface area contributed by atoms with Gasteiger partial charge in [0.05, 0.1) is 10.1 Å². The van der Waals surface area contributed by atoms with Gasteiger partial charge in [-0.3, -0.25) is 0 Å². The van der Waals surface area contributed by atoms with Gasteiger partial charge in [0, 0.05) is 5.75 Å². The van der Waals surface area contributed by atoms with E-state index in [1.54, 1.807) is 0 Å². The first kappa shape index (κ1) is 17.3. The SMILES string of the molecule is O.O=S(=O)([O-])CCCS.[Na+]. The van der Waals surface area contributed by atoms with Gasteiger partial charge in [0.2, 0.25) is 0 Å². The summed E-state index contributed by atoms with van der Waals surface area (Å²) in [7, 11) is -3.99. The van der Waals surface area contributed by atoms with Crippen LogP contribution in [-0.2, 0) is 10.1 Å². The fourth-order valence-corrected chi connectivity index (χ4v) is 1.11. The topological polar surface area (TPSA) is 88.7 Å². The second-order valence-electron chi connectivity index (χ2n) is 1.34. The Labute approximate surface area is 88.1 Å². The maximum Gasteiger partial charge on any atom is 1.00 e. The summed E-state index contributed by atoms with van der Waals surface area (Å²) >= 11 is 3.73. The maximum atomic E-state index is 9.80. The molecule has 7 heteroatoms. The molecule has 2 N–H and O–H groups in total. The van der Waals surface area contributed by atoms with Gasteiger partial charge in [-0.05, 0) is 12.2 Å². The van der Waals surface area contributed by atoms with Crippen LogP contribution < -0.4 is 29.6 Å². The summed E-state index contributed by atoms with van der Waals surface area (Å²) in [5.41, 5.74) is 0. The first-order chi connectivity index (χ1) is 3.56. The molecule has 4 nitrogen and oxygen atoms in total. The zero-order valence-corrected chi connectivity index (χ0v) is 9.41. The number of thiol groups is 1. The molecule has 58 valence electrons. The van der Waals surface area contributed by atoms with Gasteiger partial charge < -0.3 is 10.0 Å². The van der Waals surface area contributed by atoms with Crippen molar-refractivity contribution in [2.45, 2.75) is 6.42 Å². The standard InChI is InChI=1S/C3H8O3S2.Na.H2O/c4-8(5,6)3-1-2-7;;/h7H,1-3H2,(H,4,5,6);;1H2/q;+1;/p-1. The van der Waals surface area contributed by atoms with Crippen LogP contribution in [0.1, 0.15) is 6.42 Å². The molecule has 10 heavy (non-hydrogen) atoms. The summed E-state index contributed by atoms with van der Waals surface area (Å²) in [5, 5.41) is 0. The Bertz CT molecular complexity index is 143. The van der Waals surface area contributed by atoms with Gasteiger partial charge in [0.25, 0.3) is 0 Å². The minimum absolute atomic E-state index is 0. The quantitative estimate of drug-likeness (QED) is 0.284.